The molecule has 6 fully saturated rings. The number of fused-ring (bicyclic) bond motifs is 3. The molecule has 1 unspecified atom stereocenters. The van der Waals surface area contributed by atoms with E-state index in [9.17, 15) is 36.0 Å². The highest BCUT2D eigenvalue weighted by atomic mass is 32.2. The maximum Gasteiger partial charge on any atom is 0.407 e. The Morgan fingerprint density at radius 3 is 1.67 bits per heavy atom. The predicted octanol–water partition coefficient (Wildman–Crippen LogP) is 8.42. The quantitative estimate of drug-likeness (QED) is 0.0748. The van der Waals surface area contributed by atoms with Gasteiger partial charge in [0.05, 0.1) is 66.1 Å². The normalized spacial score (nSPS) is 20.9. The topological polar surface area (TPSA) is 328 Å². The molecule has 1 saturated carbocycles. The second-order valence-corrected chi connectivity index (χ2v) is 31.5. The molecule has 28 nitrogen and oxygen atoms in total. The Morgan fingerprint density at radius 1 is 0.594 bits per heavy atom. The number of rotatable bonds is 15. The van der Waals surface area contributed by atoms with Gasteiger partial charge in [-0.2, -0.15) is 20.0 Å². The lowest BCUT2D eigenvalue weighted by molar-refractivity contribution is -0.138. The Balaban J connectivity index is 0.000000152. The Hall–Kier alpha value is -8.87. The van der Waals surface area contributed by atoms with Crippen LogP contribution in [0.1, 0.15) is 183 Å². The molecule has 11 heterocycles. The molecule has 5 N–H and O–H groups in total. The fraction of sp³-hybridized carbons (Fsp3) is 0.535. The lowest BCUT2D eigenvalue weighted by Crippen LogP contribution is -2.52. The fourth-order valence-corrected chi connectivity index (χ4v) is 15.9. The van der Waals surface area contributed by atoms with Crippen LogP contribution in [0, 0.1) is 46.5 Å². The van der Waals surface area contributed by atoms with Gasteiger partial charge in [0.15, 0.2) is 16.9 Å². The number of piperidine rings is 3. The summed E-state index contributed by atoms with van der Waals surface area (Å²) in [5.41, 5.74) is 15.0. The third-order valence-electron chi connectivity index (χ3n) is 19.7. The Morgan fingerprint density at radius 2 is 1.14 bits per heavy atom. The van der Waals surface area contributed by atoms with Gasteiger partial charge in [-0.15, -0.1) is 0 Å². The van der Waals surface area contributed by atoms with Crippen LogP contribution in [0.3, 0.4) is 0 Å². The van der Waals surface area contributed by atoms with Gasteiger partial charge in [0, 0.05) is 93.6 Å². The molecule has 0 spiro atoms. The summed E-state index contributed by atoms with van der Waals surface area (Å²) in [5, 5.41) is 17.1. The first kappa shape index (κ1) is 73.4. The van der Waals surface area contributed by atoms with Gasteiger partial charge in [-0.05, 0) is 148 Å². The van der Waals surface area contributed by atoms with Crippen LogP contribution in [0.25, 0.3) is 16.9 Å². The van der Waals surface area contributed by atoms with Gasteiger partial charge in [0.2, 0.25) is 31.9 Å². The van der Waals surface area contributed by atoms with Crippen molar-refractivity contribution in [3.05, 3.63) is 136 Å². The third-order valence-corrected chi connectivity index (χ3v) is 21.0. The highest BCUT2D eigenvalue weighted by Gasteiger charge is 2.43. The number of methoxy groups -OCH3 is 1. The fourth-order valence-electron chi connectivity index (χ4n) is 14.7. The van der Waals surface area contributed by atoms with Crippen molar-refractivity contribution >= 4 is 78.1 Å². The summed E-state index contributed by atoms with van der Waals surface area (Å²) in [6, 6.07) is 18.1. The number of hydrogen-bond donors (Lipinski definition) is 4. The number of likely N-dealkylation sites (tertiary alicyclic amines) is 3. The summed E-state index contributed by atoms with van der Waals surface area (Å²) >= 11 is 0. The van der Waals surface area contributed by atoms with Crippen LogP contribution < -0.4 is 30.3 Å². The summed E-state index contributed by atoms with van der Waals surface area (Å²) in [7, 11) is -5.81. The van der Waals surface area contributed by atoms with Crippen molar-refractivity contribution < 1.29 is 40.8 Å². The van der Waals surface area contributed by atoms with Gasteiger partial charge in [-0.1, -0.05) is 56.3 Å². The molecule has 8 aromatic rings. The first-order chi connectivity index (χ1) is 47.8. The summed E-state index contributed by atoms with van der Waals surface area (Å²) in [5.74, 6) is 3.68. The number of aryl methyl sites for hydroxylation is 5. The minimum atomic E-state index is -3.61. The van der Waals surface area contributed by atoms with Gasteiger partial charge in [0.1, 0.15) is 35.4 Å². The standard InChI is InChI=1S/C26H34N6O3S.C23H33N7O3.C21H26N6O3S.CH4/c1-18-12-14-30(16-18)25-19(2)17-32-23(27-25)15-21(28-32)22-11-7-8-13-31(22)26(33)24(29-36(3,34)35)20-9-5-4-6-10-20;1-14-12-30-19(25-21(14)28-10-8-16(24)13-28)11-17(27-30)18-5-3-4-9-29(18)22(31)20(15-6-7-15)26-23(32)33-2;1-13-8-9-17(25-31(4,29)30)16(11-13)21(28)26-10-6-5-7-19(26)18-12-20-23-14(2)22-15(3)27(20)24-18;/h4-6,9-10,15,17-18,22,24,29H,7-8,11-14,16H2,1-3H3;11-12,15-16,18,20H,3-10,13,24H2,1-2H3,(H,26,32);8-9,11-12,19,25H,5-7,10H2,1-4H3;1H4/t18-,22-,24?;16-,18-,20-;19-;/m000./s1. The zero-order valence-electron chi connectivity index (χ0n) is 58.5. The Bertz CT molecular complexity index is 4580. The first-order valence-corrected chi connectivity index (χ1v) is 38.6. The molecule has 1 aliphatic carbocycles. The van der Waals surface area contributed by atoms with Crippen molar-refractivity contribution in [1.29, 1.82) is 0 Å². The van der Waals surface area contributed by atoms with E-state index >= 15 is 0 Å². The molecule has 5 aliphatic heterocycles. The van der Waals surface area contributed by atoms with Crippen LogP contribution in [-0.2, 0) is 34.4 Å². The molecular formula is C71H97N19O9S2. The number of nitrogens with two attached hydrogens (primary N) is 1. The minimum absolute atomic E-state index is 0. The molecule has 101 heavy (non-hydrogen) atoms. The van der Waals surface area contributed by atoms with E-state index in [-0.39, 0.29) is 60.9 Å². The van der Waals surface area contributed by atoms with Crippen molar-refractivity contribution in [2.75, 3.05) is 80.0 Å². The summed E-state index contributed by atoms with van der Waals surface area (Å²) in [6.45, 7) is 17.5. The number of alkyl carbamates (subject to hydrolysis) is 1. The number of nitrogens with zero attached hydrogens (tertiary/aromatic N) is 15. The van der Waals surface area contributed by atoms with Crippen molar-refractivity contribution in [3.8, 4) is 0 Å². The number of benzene rings is 2. The molecule has 7 atom stereocenters. The number of carbonyl (C=O) groups is 4. The van der Waals surface area contributed by atoms with Crippen LogP contribution in [0.2, 0.25) is 0 Å². The van der Waals surface area contributed by atoms with Crippen molar-refractivity contribution in [2.45, 2.75) is 169 Å². The van der Waals surface area contributed by atoms with E-state index in [4.69, 9.17) is 30.6 Å². The number of aromatic nitrogens is 10. The second-order valence-electron chi connectivity index (χ2n) is 27.9. The van der Waals surface area contributed by atoms with E-state index < -0.39 is 38.2 Å². The lowest BCUT2D eigenvalue weighted by Gasteiger charge is -2.37. The van der Waals surface area contributed by atoms with Gasteiger partial charge in [-0.3, -0.25) is 19.1 Å². The van der Waals surface area contributed by atoms with Crippen LogP contribution in [-0.4, -0.2) is 182 Å². The van der Waals surface area contributed by atoms with Crippen LogP contribution in [0.5, 0.6) is 0 Å². The summed E-state index contributed by atoms with van der Waals surface area (Å²) in [4.78, 5) is 81.5. The number of nitrogens with one attached hydrogen (secondary N) is 3. The molecule has 6 aliphatic rings. The monoisotopic (exact) mass is 1420 g/mol. The summed E-state index contributed by atoms with van der Waals surface area (Å²) in [6.07, 6.45) is 17.7. The number of amides is 4. The molecule has 4 amide bonds. The molecular weight excluding hydrogens is 1330 g/mol. The minimum Gasteiger partial charge on any atom is -0.453 e. The number of sulfonamides is 2. The highest BCUT2D eigenvalue weighted by Crippen LogP contribution is 2.40. The van der Waals surface area contributed by atoms with Gasteiger partial charge in [-0.25, -0.2) is 55.1 Å². The van der Waals surface area contributed by atoms with E-state index in [1.165, 1.54) is 13.5 Å². The van der Waals surface area contributed by atoms with E-state index in [0.717, 1.165) is 178 Å². The molecule has 5 saturated heterocycles. The van der Waals surface area contributed by atoms with Crippen LogP contribution >= 0.6 is 0 Å². The molecule has 14 rings (SSSR count). The third kappa shape index (κ3) is 17.0. The Kier molecular flexibility index (Phi) is 22.3. The average molecular weight is 1420 g/mol. The van der Waals surface area contributed by atoms with Crippen molar-refractivity contribution in [2.24, 2.45) is 17.6 Å². The van der Waals surface area contributed by atoms with Crippen LogP contribution in [0.15, 0.2) is 79.1 Å². The first-order valence-electron chi connectivity index (χ1n) is 34.8. The molecule has 0 bridgehead atoms. The van der Waals surface area contributed by atoms with E-state index in [1.807, 2.05) is 85.9 Å². The zero-order chi connectivity index (χ0) is 70.9. The van der Waals surface area contributed by atoms with E-state index in [2.05, 4.69) is 53.5 Å². The smallest absolute Gasteiger partial charge is 0.407 e. The number of ether oxygens (including phenoxy) is 1. The lowest BCUT2D eigenvalue weighted by atomic mass is 9.97. The van der Waals surface area contributed by atoms with Gasteiger partial charge in [0.25, 0.3) is 5.91 Å². The van der Waals surface area contributed by atoms with E-state index in [1.54, 1.807) is 49.2 Å². The average Bonchev–Trinajstić information content (AvgIpc) is 1.68. The van der Waals surface area contributed by atoms with Crippen molar-refractivity contribution in [3.63, 3.8) is 0 Å². The second kappa shape index (κ2) is 30.8. The predicted molar refractivity (Wildman–Crippen MR) is 386 cm³/mol. The van der Waals surface area contributed by atoms with Gasteiger partial charge < -0.3 is 40.3 Å². The molecule has 0 radical (unpaired) electrons. The molecule has 6 aromatic heterocycles. The van der Waals surface area contributed by atoms with Crippen LogP contribution in [0.4, 0.5) is 22.1 Å². The Labute approximate surface area is 591 Å². The maximum atomic E-state index is 13.8. The maximum absolute atomic E-state index is 13.8. The van der Waals surface area contributed by atoms with Gasteiger partial charge >= 0.3 is 6.09 Å². The summed E-state index contributed by atoms with van der Waals surface area (Å²) < 4.78 is 63.0. The number of carbonyl (C=O) groups excluding carboxylic acids is 4. The number of hydrogen-bond acceptors (Lipinski definition) is 19. The van der Waals surface area contributed by atoms with E-state index in [0.29, 0.717) is 48.2 Å². The molecule has 30 heteroatoms. The zero-order valence-corrected chi connectivity index (χ0v) is 60.2. The SMILES string of the molecule is C.COC(=O)N[C@H](C(=O)N1CCCC[C@H]1c1cc2nc(N3CC[C@H](N)C3)c(C)cn2n1)C1CC1.Cc1ccc(NS(C)(=O)=O)c(C(=O)N2CCCC[C@H]2c2cc3nc(C)nc(C)n3n2)c1.Cc1cn2nc([C@@H]3CCCCN3C(=O)C(NS(C)(=O)=O)c3ccccc3)cc2nc1N1CC[C@H](C)C1. The highest BCUT2D eigenvalue weighted by molar-refractivity contribution is 7.92. The molecule has 542 valence electrons. The van der Waals surface area contributed by atoms with Crippen molar-refractivity contribution in [1.82, 2.24) is 73.5 Å². The molecule has 2 aromatic carbocycles. The largest absolute Gasteiger partial charge is 0.453 e. The number of anilines is 3.